The van der Waals surface area contributed by atoms with Gasteiger partial charge in [-0.2, -0.15) is 13.2 Å². The Morgan fingerprint density at radius 3 is 2.37 bits per heavy atom. The highest BCUT2D eigenvalue weighted by molar-refractivity contribution is 5.90. The van der Waals surface area contributed by atoms with Crippen LogP contribution in [0.3, 0.4) is 0 Å². The molecular weight excluding hydrogens is 363 g/mol. The molecule has 0 atom stereocenters. The molecule has 0 radical (unpaired) electrons. The summed E-state index contributed by atoms with van der Waals surface area (Å²) in [5.41, 5.74) is 0.332. The summed E-state index contributed by atoms with van der Waals surface area (Å²) in [6.45, 7) is 2.22. The molecule has 1 aromatic heterocycles. The zero-order chi connectivity index (χ0) is 20.0. The Labute approximate surface area is 154 Å². The summed E-state index contributed by atoms with van der Waals surface area (Å²) in [6.07, 6.45) is -4.35. The number of guanidine groups is 1. The number of alkyl halides is 3. The maximum absolute atomic E-state index is 12.6. The van der Waals surface area contributed by atoms with Crippen LogP contribution in [0.2, 0.25) is 0 Å². The van der Waals surface area contributed by atoms with Crippen LogP contribution in [0.4, 0.5) is 13.2 Å². The Morgan fingerprint density at radius 1 is 1.19 bits per heavy atom. The fourth-order valence-corrected chi connectivity index (χ4v) is 2.33. The standard InChI is InChI=1S/C18H20F3N3O3/c1-11-15(16(25)26-3)8-14(27-11)10-24-17(22-2)23-9-12-4-6-13(7-5-12)18(19,20)21/h4-8H,9-10H2,1-3H3,(H2,22,23,24). The van der Waals surface area contributed by atoms with Gasteiger partial charge in [0, 0.05) is 13.6 Å². The number of nitrogens with zero attached hydrogens (tertiary/aromatic N) is 1. The third-order valence-electron chi connectivity index (χ3n) is 3.77. The number of ether oxygens (including phenoxy) is 1. The fourth-order valence-electron chi connectivity index (χ4n) is 2.33. The maximum atomic E-state index is 12.6. The predicted octanol–water partition coefficient (Wildman–Crippen LogP) is 3.26. The van der Waals surface area contributed by atoms with Crippen molar-refractivity contribution < 1.29 is 27.1 Å². The molecule has 0 saturated heterocycles. The van der Waals surface area contributed by atoms with Gasteiger partial charge >= 0.3 is 12.1 Å². The summed E-state index contributed by atoms with van der Waals surface area (Å²) >= 11 is 0. The maximum Gasteiger partial charge on any atom is 0.416 e. The third kappa shape index (κ3) is 5.50. The minimum atomic E-state index is -4.35. The normalized spacial score (nSPS) is 12.0. The van der Waals surface area contributed by atoms with Gasteiger partial charge in [0.25, 0.3) is 0 Å². The number of esters is 1. The summed E-state index contributed by atoms with van der Waals surface area (Å²) in [5.74, 6) is 0.924. The Kier molecular flexibility index (Phi) is 6.49. The lowest BCUT2D eigenvalue weighted by Gasteiger charge is -2.12. The quantitative estimate of drug-likeness (QED) is 0.471. The Hall–Kier alpha value is -2.97. The van der Waals surface area contributed by atoms with Gasteiger partial charge in [-0.05, 0) is 30.7 Å². The molecule has 27 heavy (non-hydrogen) atoms. The molecule has 1 aromatic carbocycles. The molecule has 0 bridgehead atoms. The van der Waals surface area contributed by atoms with Crippen molar-refractivity contribution in [3.63, 3.8) is 0 Å². The highest BCUT2D eigenvalue weighted by atomic mass is 19.4. The molecule has 0 saturated carbocycles. The lowest BCUT2D eigenvalue weighted by Crippen LogP contribution is -2.36. The molecule has 0 aliphatic heterocycles. The topological polar surface area (TPSA) is 75.9 Å². The van der Waals surface area contributed by atoms with Crippen molar-refractivity contribution in [3.8, 4) is 0 Å². The van der Waals surface area contributed by atoms with Crippen molar-refractivity contribution >= 4 is 11.9 Å². The van der Waals surface area contributed by atoms with Crippen LogP contribution in [0.1, 0.15) is 33.0 Å². The van der Waals surface area contributed by atoms with Crippen molar-refractivity contribution in [1.29, 1.82) is 0 Å². The Morgan fingerprint density at radius 2 is 1.81 bits per heavy atom. The lowest BCUT2D eigenvalue weighted by atomic mass is 10.1. The number of carbonyl (C=O) groups excluding carboxylic acids is 1. The molecule has 0 unspecified atom stereocenters. The van der Waals surface area contributed by atoms with Crippen molar-refractivity contribution in [2.75, 3.05) is 14.2 Å². The summed E-state index contributed by atoms with van der Waals surface area (Å²) in [5, 5.41) is 6.00. The molecular formula is C18H20F3N3O3. The van der Waals surface area contributed by atoms with E-state index in [0.717, 1.165) is 12.1 Å². The number of aryl methyl sites for hydroxylation is 1. The Bertz CT molecular complexity index is 811. The number of furan rings is 1. The molecule has 0 aliphatic rings. The monoisotopic (exact) mass is 383 g/mol. The summed E-state index contributed by atoms with van der Waals surface area (Å²) in [6, 6.07) is 6.46. The zero-order valence-electron chi connectivity index (χ0n) is 15.1. The van der Waals surface area contributed by atoms with Gasteiger partial charge in [-0.25, -0.2) is 4.79 Å². The lowest BCUT2D eigenvalue weighted by molar-refractivity contribution is -0.137. The first-order valence-electron chi connectivity index (χ1n) is 8.03. The van der Waals surface area contributed by atoms with Crippen LogP contribution in [-0.4, -0.2) is 26.1 Å². The zero-order valence-corrected chi connectivity index (χ0v) is 15.1. The number of aliphatic imine (C=N–C) groups is 1. The van der Waals surface area contributed by atoms with Crippen LogP contribution in [0, 0.1) is 6.92 Å². The van der Waals surface area contributed by atoms with E-state index in [1.165, 1.54) is 19.2 Å². The molecule has 6 nitrogen and oxygen atoms in total. The molecule has 0 fully saturated rings. The second-order valence-corrected chi connectivity index (χ2v) is 5.65. The van der Waals surface area contributed by atoms with E-state index in [4.69, 9.17) is 4.42 Å². The van der Waals surface area contributed by atoms with Gasteiger partial charge in [0.05, 0.1) is 19.2 Å². The fraction of sp³-hybridized carbons (Fsp3) is 0.333. The number of hydrogen-bond donors (Lipinski definition) is 2. The molecule has 9 heteroatoms. The van der Waals surface area contributed by atoms with Crippen molar-refractivity contribution in [2.24, 2.45) is 4.99 Å². The second-order valence-electron chi connectivity index (χ2n) is 5.65. The Balaban J connectivity index is 1.90. The molecule has 0 amide bonds. The van der Waals surface area contributed by atoms with Crippen LogP contribution in [0.15, 0.2) is 39.7 Å². The molecule has 2 N–H and O–H groups in total. The van der Waals surface area contributed by atoms with Gasteiger partial charge in [-0.1, -0.05) is 12.1 Å². The van der Waals surface area contributed by atoms with E-state index >= 15 is 0 Å². The minimum Gasteiger partial charge on any atom is -0.465 e. The van der Waals surface area contributed by atoms with Crippen LogP contribution < -0.4 is 10.6 Å². The SMILES string of the molecule is CN=C(NCc1ccc(C(F)(F)F)cc1)NCc1cc(C(=O)OC)c(C)o1. The smallest absolute Gasteiger partial charge is 0.416 e. The number of hydrogen-bond acceptors (Lipinski definition) is 4. The first kappa shape index (κ1) is 20.3. The van der Waals surface area contributed by atoms with Gasteiger partial charge in [0.15, 0.2) is 5.96 Å². The van der Waals surface area contributed by atoms with Crippen molar-refractivity contribution in [1.82, 2.24) is 10.6 Å². The van der Waals surface area contributed by atoms with Crippen LogP contribution >= 0.6 is 0 Å². The van der Waals surface area contributed by atoms with Crippen molar-refractivity contribution in [2.45, 2.75) is 26.2 Å². The number of benzene rings is 1. The number of carbonyl (C=O) groups is 1. The average molecular weight is 383 g/mol. The second kappa shape index (κ2) is 8.61. The van der Waals surface area contributed by atoms with Gasteiger partial charge in [-0.3, -0.25) is 4.99 Å². The van der Waals surface area contributed by atoms with E-state index in [0.29, 0.717) is 35.2 Å². The van der Waals surface area contributed by atoms with Gasteiger partial charge in [0.2, 0.25) is 0 Å². The number of halogens is 3. The van der Waals surface area contributed by atoms with E-state index in [9.17, 15) is 18.0 Å². The summed E-state index contributed by atoms with van der Waals surface area (Å²) < 4.78 is 47.9. The number of rotatable bonds is 5. The van der Waals surface area contributed by atoms with E-state index in [1.54, 1.807) is 20.0 Å². The molecule has 146 valence electrons. The van der Waals surface area contributed by atoms with Crippen LogP contribution in [-0.2, 0) is 24.0 Å². The molecule has 1 heterocycles. The summed E-state index contributed by atoms with van der Waals surface area (Å²) in [4.78, 5) is 15.6. The van der Waals surface area contributed by atoms with E-state index in [2.05, 4.69) is 20.4 Å². The largest absolute Gasteiger partial charge is 0.465 e. The van der Waals surface area contributed by atoms with E-state index in [1.807, 2.05) is 0 Å². The summed E-state index contributed by atoms with van der Waals surface area (Å²) in [7, 11) is 2.86. The first-order chi connectivity index (χ1) is 12.7. The van der Waals surface area contributed by atoms with Crippen LogP contribution in [0.25, 0.3) is 0 Å². The molecule has 0 spiro atoms. The molecule has 0 aliphatic carbocycles. The van der Waals surface area contributed by atoms with Gasteiger partial charge in [-0.15, -0.1) is 0 Å². The molecule has 2 aromatic rings. The van der Waals surface area contributed by atoms with Gasteiger partial charge < -0.3 is 19.8 Å². The third-order valence-corrected chi connectivity index (χ3v) is 3.77. The first-order valence-corrected chi connectivity index (χ1v) is 8.03. The molecule has 2 rings (SSSR count). The highest BCUT2D eigenvalue weighted by Gasteiger charge is 2.29. The van der Waals surface area contributed by atoms with Gasteiger partial charge in [0.1, 0.15) is 17.1 Å². The number of methoxy groups -OCH3 is 1. The average Bonchev–Trinajstić information content (AvgIpc) is 3.01. The number of nitrogens with one attached hydrogen (secondary N) is 2. The minimum absolute atomic E-state index is 0.268. The van der Waals surface area contributed by atoms with Crippen LogP contribution in [0.5, 0.6) is 0 Å². The highest BCUT2D eigenvalue weighted by Crippen LogP contribution is 2.29. The van der Waals surface area contributed by atoms with Crippen molar-refractivity contribution in [3.05, 3.63) is 58.5 Å². The predicted molar refractivity (Wildman–Crippen MR) is 93.3 cm³/mol. The van der Waals surface area contributed by atoms with E-state index in [-0.39, 0.29) is 6.54 Å². The van der Waals surface area contributed by atoms with E-state index < -0.39 is 17.7 Å².